The Hall–Kier alpha value is -1.53. The van der Waals surface area contributed by atoms with Gasteiger partial charge in [0.05, 0.1) is 6.10 Å². The quantitative estimate of drug-likeness (QED) is 0.660. The van der Waals surface area contributed by atoms with Gasteiger partial charge in [0.25, 0.3) is 0 Å². The average molecular weight is 368 g/mol. The summed E-state index contributed by atoms with van der Waals surface area (Å²) in [6.07, 6.45) is 1.14. The fourth-order valence-electron chi connectivity index (χ4n) is 3.88. The third-order valence-corrected chi connectivity index (χ3v) is 5.31. The Morgan fingerprint density at radius 2 is 2.08 bits per heavy atom. The second-order valence-corrected chi connectivity index (χ2v) is 7.52. The Kier molecular flexibility index (Phi) is 7.53. The van der Waals surface area contributed by atoms with Crippen molar-refractivity contribution in [2.24, 2.45) is 17.6 Å². The summed E-state index contributed by atoms with van der Waals surface area (Å²) in [6.45, 7) is 0. The second-order valence-electron chi connectivity index (χ2n) is 7.52. The highest BCUT2D eigenvalue weighted by molar-refractivity contribution is 5.78. The van der Waals surface area contributed by atoms with Gasteiger partial charge in [-0.05, 0) is 43.6 Å². The van der Waals surface area contributed by atoms with Crippen LogP contribution >= 0.6 is 0 Å². The number of aliphatic hydroxyl groups excluding tert-OH is 1. The van der Waals surface area contributed by atoms with Crippen molar-refractivity contribution >= 4 is 5.91 Å². The highest BCUT2D eigenvalue weighted by Crippen LogP contribution is 2.39. The summed E-state index contributed by atoms with van der Waals surface area (Å²) in [5.74, 6) is -3.56. The van der Waals surface area contributed by atoms with Gasteiger partial charge in [0.2, 0.25) is 11.8 Å². The van der Waals surface area contributed by atoms with E-state index in [-0.39, 0.29) is 31.1 Å². The molecule has 0 radical (unpaired) electrons. The van der Waals surface area contributed by atoms with Crippen LogP contribution in [0.2, 0.25) is 0 Å². The summed E-state index contributed by atoms with van der Waals surface area (Å²) < 4.78 is 27.3. The van der Waals surface area contributed by atoms with E-state index in [2.05, 4.69) is 5.32 Å². The number of nitrogens with one attached hydrogen (secondary N) is 1. The molecule has 1 aliphatic rings. The monoisotopic (exact) mass is 368 g/mol. The van der Waals surface area contributed by atoms with E-state index in [0.29, 0.717) is 25.7 Å². The minimum absolute atomic E-state index is 0.0707. The van der Waals surface area contributed by atoms with Crippen molar-refractivity contribution in [1.82, 2.24) is 5.32 Å². The first-order chi connectivity index (χ1) is 12.3. The molecule has 0 spiro atoms. The van der Waals surface area contributed by atoms with E-state index in [1.165, 1.54) is 7.05 Å². The number of nitrogens with two attached hydrogens (primary N) is 1. The smallest absolute Gasteiger partial charge is 0.248 e. The molecule has 26 heavy (non-hydrogen) atoms. The first-order valence-electron chi connectivity index (χ1n) is 9.37. The van der Waals surface area contributed by atoms with Crippen LogP contribution in [-0.2, 0) is 11.2 Å². The van der Waals surface area contributed by atoms with Crippen LogP contribution < -0.4 is 11.1 Å². The summed E-state index contributed by atoms with van der Waals surface area (Å²) in [6, 6.07) is 9.10. The number of carbonyl (C=O) groups is 1. The van der Waals surface area contributed by atoms with E-state index in [0.717, 1.165) is 5.56 Å². The maximum Gasteiger partial charge on any atom is 0.248 e. The standard InChI is InChI=1S/C20H30F2N2O2/c1-24-19(26)16(10-15-8-5-9-20(21,22)13-15)12-18(25)17(23)11-14-6-3-2-4-7-14/h2-4,6-7,15-18,25H,5,8-13,23H2,1H3,(H,24,26)/t15?,16-,17+,18+/m1/s1. The number of aliphatic hydroxyl groups is 1. The SMILES string of the molecule is CNC(=O)[C@H](CC1CCCC(F)(F)C1)C[C@H](O)[C@@H](N)Cc1ccccc1. The van der Waals surface area contributed by atoms with Crippen LogP contribution in [0.25, 0.3) is 0 Å². The van der Waals surface area contributed by atoms with Gasteiger partial charge in [-0.1, -0.05) is 30.3 Å². The lowest BCUT2D eigenvalue weighted by Crippen LogP contribution is -2.41. The molecular formula is C20H30F2N2O2. The zero-order valence-corrected chi connectivity index (χ0v) is 15.3. The Morgan fingerprint density at radius 1 is 1.38 bits per heavy atom. The minimum atomic E-state index is -2.64. The lowest BCUT2D eigenvalue weighted by Gasteiger charge is -2.32. The molecule has 2 rings (SSSR count). The van der Waals surface area contributed by atoms with Gasteiger partial charge in [-0.3, -0.25) is 4.79 Å². The van der Waals surface area contributed by atoms with Gasteiger partial charge < -0.3 is 16.2 Å². The molecule has 0 bridgehead atoms. The van der Waals surface area contributed by atoms with E-state index in [1.807, 2.05) is 30.3 Å². The third-order valence-electron chi connectivity index (χ3n) is 5.31. The highest BCUT2D eigenvalue weighted by atomic mass is 19.3. The number of amides is 1. The Morgan fingerprint density at radius 3 is 2.69 bits per heavy atom. The minimum Gasteiger partial charge on any atom is -0.391 e. The molecule has 4 atom stereocenters. The van der Waals surface area contributed by atoms with Gasteiger partial charge in [-0.2, -0.15) is 0 Å². The molecule has 1 saturated carbocycles. The van der Waals surface area contributed by atoms with E-state index < -0.39 is 24.0 Å². The molecule has 4 N–H and O–H groups in total. The number of carbonyl (C=O) groups excluding carboxylic acids is 1. The van der Waals surface area contributed by atoms with Gasteiger partial charge in [-0.25, -0.2) is 8.78 Å². The zero-order chi connectivity index (χ0) is 19.2. The topological polar surface area (TPSA) is 75.3 Å². The molecule has 0 aromatic heterocycles. The summed E-state index contributed by atoms with van der Waals surface area (Å²) in [5, 5.41) is 13.1. The van der Waals surface area contributed by atoms with Gasteiger partial charge in [0.15, 0.2) is 0 Å². The van der Waals surface area contributed by atoms with E-state index >= 15 is 0 Å². The van der Waals surface area contributed by atoms with Crippen molar-refractivity contribution in [2.75, 3.05) is 7.05 Å². The molecule has 1 amide bonds. The molecule has 6 heteroatoms. The molecule has 1 fully saturated rings. The molecular weight excluding hydrogens is 338 g/mol. The van der Waals surface area contributed by atoms with E-state index in [1.54, 1.807) is 0 Å². The van der Waals surface area contributed by atoms with Crippen molar-refractivity contribution in [3.63, 3.8) is 0 Å². The van der Waals surface area contributed by atoms with Gasteiger partial charge >= 0.3 is 0 Å². The first kappa shape index (κ1) is 20.8. The fraction of sp³-hybridized carbons (Fsp3) is 0.650. The van der Waals surface area contributed by atoms with Crippen molar-refractivity contribution in [3.8, 4) is 0 Å². The highest BCUT2D eigenvalue weighted by Gasteiger charge is 2.38. The number of halogens is 2. The molecule has 1 aromatic rings. The molecule has 1 aromatic carbocycles. The predicted molar refractivity (Wildman–Crippen MR) is 97.8 cm³/mol. The van der Waals surface area contributed by atoms with Crippen LogP contribution in [0.3, 0.4) is 0 Å². The van der Waals surface area contributed by atoms with Crippen LogP contribution in [0.15, 0.2) is 30.3 Å². The van der Waals surface area contributed by atoms with Crippen LogP contribution in [0, 0.1) is 11.8 Å². The molecule has 1 aliphatic carbocycles. The van der Waals surface area contributed by atoms with Crippen molar-refractivity contribution < 1.29 is 18.7 Å². The molecule has 4 nitrogen and oxygen atoms in total. The summed E-state index contributed by atoms with van der Waals surface area (Å²) in [4.78, 5) is 12.2. The Balaban J connectivity index is 1.94. The molecule has 0 heterocycles. The molecule has 0 saturated heterocycles. The summed E-state index contributed by atoms with van der Waals surface area (Å²) in [7, 11) is 1.53. The largest absolute Gasteiger partial charge is 0.391 e. The van der Waals surface area contributed by atoms with Crippen LogP contribution in [0.1, 0.15) is 44.1 Å². The lowest BCUT2D eigenvalue weighted by atomic mass is 9.78. The first-order valence-corrected chi connectivity index (χ1v) is 9.37. The number of alkyl halides is 2. The number of hydrogen-bond acceptors (Lipinski definition) is 3. The van der Waals surface area contributed by atoms with E-state index in [4.69, 9.17) is 5.73 Å². The number of benzene rings is 1. The van der Waals surface area contributed by atoms with Crippen molar-refractivity contribution in [1.29, 1.82) is 0 Å². The predicted octanol–water partition coefficient (Wildman–Crippen LogP) is 2.89. The van der Waals surface area contributed by atoms with Crippen LogP contribution in [-0.4, -0.2) is 36.1 Å². The third kappa shape index (κ3) is 6.32. The average Bonchev–Trinajstić information content (AvgIpc) is 2.60. The zero-order valence-electron chi connectivity index (χ0n) is 15.3. The van der Waals surface area contributed by atoms with E-state index in [9.17, 15) is 18.7 Å². The van der Waals surface area contributed by atoms with Crippen molar-refractivity contribution in [3.05, 3.63) is 35.9 Å². The number of hydrogen-bond donors (Lipinski definition) is 3. The van der Waals surface area contributed by atoms with Crippen LogP contribution in [0.5, 0.6) is 0 Å². The second kappa shape index (κ2) is 9.42. The normalized spacial score (nSPS) is 23.0. The maximum absolute atomic E-state index is 13.7. The fourth-order valence-corrected chi connectivity index (χ4v) is 3.88. The molecule has 1 unspecified atom stereocenters. The van der Waals surface area contributed by atoms with Crippen LogP contribution in [0.4, 0.5) is 8.78 Å². The Labute approximate surface area is 154 Å². The summed E-state index contributed by atoms with van der Waals surface area (Å²) in [5.41, 5.74) is 7.13. The Bertz CT molecular complexity index is 568. The molecule has 0 aliphatic heterocycles. The maximum atomic E-state index is 13.7. The summed E-state index contributed by atoms with van der Waals surface area (Å²) >= 11 is 0. The van der Waals surface area contributed by atoms with Gasteiger partial charge in [-0.15, -0.1) is 0 Å². The van der Waals surface area contributed by atoms with Gasteiger partial charge in [0.1, 0.15) is 0 Å². The van der Waals surface area contributed by atoms with Gasteiger partial charge in [0, 0.05) is 31.8 Å². The van der Waals surface area contributed by atoms with Crippen molar-refractivity contribution in [2.45, 2.75) is 63.0 Å². The lowest BCUT2D eigenvalue weighted by molar-refractivity contribution is -0.127. The molecule has 146 valence electrons. The number of rotatable bonds is 8.